The largest absolute Gasteiger partial charge is 0.299 e. The molecule has 0 amide bonds. The van der Waals surface area contributed by atoms with Crippen molar-refractivity contribution in [1.29, 1.82) is 0 Å². The molecule has 0 radical (unpaired) electrons. The SMILES string of the molecule is CC(=O)C1=C[C@H]2CCC[C@H]2[C@@H]1C(C)=O. The molecule has 0 heterocycles. The quantitative estimate of drug-likeness (QED) is 0.671. The molecule has 0 aliphatic heterocycles. The molecule has 3 atom stereocenters. The van der Waals surface area contributed by atoms with Gasteiger partial charge < -0.3 is 0 Å². The molecule has 0 saturated heterocycles. The Hall–Kier alpha value is -0.920. The van der Waals surface area contributed by atoms with E-state index in [1.807, 2.05) is 0 Å². The maximum absolute atomic E-state index is 11.5. The first-order chi connectivity index (χ1) is 6.61. The number of carbonyl (C=O) groups is 2. The van der Waals surface area contributed by atoms with Gasteiger partial charge in [0.15, 0.2) is 5.78 Å². The van der Waals surface area contributed by atoms with Gasteiger partial charge in [-0.05, 0) is 38.5 Å². The lowest BCUT2D eigenvalue weighted by Crippen LogP contribution is -2.22. The van der Waals surface area contributed by atoms with Crippen molar-refractivity contribution in [2.45, 2.75) is 33.1 Å². The van der Waals surface area contributed by atoms with Gasteiger partial charge in [0.1, 0.15) is 5.78 Å². The van der Waals surface area contributed by atoms with E-state index in [2.05, 4.69) is 6.08 Å². The lowest BCUT2D eigenvalue weighted by Gasteiger charge is -2.17. The van der Waals surface area contributed by atoms with Crippen LogP contribution in [0.15, 0.2) is 11.6 Å². The van der Waals surface area contributed by atoms with E-state index in [0.29, 0.717) is 11.8 Å². The fourth-order valence-electron chi connectivity index (χ4n) is 3.06. The van der Waals surface area contributed by atoms with Crippen LogP contribution in [0, 0.1) is 17.8 Å². The van der Waals surface area contributed by atoms with Crippen molar-refractivity contribution in [2.24, 2.45) is 17.8 Å². The van der Waals surface area contributed by atoms with Crippen LogP contribution in [0.5, 0.6) is 0 Å². The van der Waals surface area contributed by atoms with Gasteiger partial charge in [0.05, 0.1) is 0 Å². The standard InChI is InChI=1S/C12H16O2/c1-7(13)11-6-9-4-3-5-10(9)12(11)8(2)14/h6,9-10,12H,3-5H2,1-2H3/t9-,10-,12+/m1/s1. The minimum Gasteiger partial charge on any atom is -0.299 e. The molecule has 76 valence electrons. The zero-order chi connectivity index (χ0) is 10.3. The fourth-order valence-corrected chi connectivity index (χ4v) is 3.06. The van der Waals surface area contributed by atoms with Crippen LogP contribution in [0.25, 0.3) is 0 Å². The van der Waals surface area contributed by atoms with E-state index < -0.39 is 0 Å². The van der Waals surface area contributed by atoms with Gasteiger partial charge in [0, 0.05) is 11.5 Å². The van der Waals surface area contributed by atoms with Gasteiger partial charge in [-0.1, -0.05) is 12.5 Å². The molecule has 1 fully saturated rings. The molecule has 2 rings (SSSR count). The van der Waals surface area contributed by atoms with Gasteiger partial charge in [-0.15, -0.1) is 0 Å². The molecule has 14 heavy (non-hydrogen) atoms. The lowest BCUT2D eigenvalue weighted by atomic mass is 9.84. The van der Waals surface area contributed by atoms with Crippen molar-refractivity contribution in [3.8, 4) is 0 Å². The molecule has 0 aromatic rings. The Bertz CT molecular complexity index is 314. The average Bonchev–Trinajstić information content (AvgIpc) is 2.58. The molecule has 1 saturated carbocycles. The summed E-state index contributed by atoms with van der Waals surface area (Å²) in [5, 5.41) is 0. The third-order valence-electron chi connectivity index (χ3n) is 3.63. The molecule has 0 unspecified atom stereocenters. The Kier molecular flexibility index (Phi) is 2.30. The third kappa shape index (κ3) is 1.33. The smallest absolute Gasteiger partial charge is 0.156 e. The molecular formula is C12H16O2. The highest BCUT2D eigenvalue weighted by Crippen LogP contribution is 2.47. The second-order valence-corrected chi connectivity index (χ2v) is 4.53. The van der Waals surface area contributed by atoms with Crippen molar-refractivity contribution in [2.75, 3.05) is 0 Å². The highest BCUT2D eigenvalue weighted by molar-refractivity contribution is 6.01. The van der Waals surface area contributed by atoms with E-state index >= 15 is 0 Å². The summed E-state index contributed by atoms with van der Waals surface area (Å²) in [7, 11) is 0. The van der Waals surface area contributed by atoms with Crippen LogP contribution in [0.1, 0.15) is 33.1 Å². The molecule has 0 aromatic carbocycles. The maximum atomic E-state index is 11.5. The van der Waals surface area contributed by atoms with Gasteiger partial charge >= 0.3 is 0 Å². The number of ketones is 2. The van der Waals surface area contributed by atoms with E-state index in [-0.39, 0.29) is 17.5 Å². The lowest BCUT2D eigenvalue weighted by molar-refractivity contribution is -0.123. The van der Waals surface area contributed by atoms with Gasteiger partial charge in [-0.3, -0.25) is 9.59 Å². The molecule has 0 aromatic heterocycles. The molecule has 0 N–H and O–H groups in total. The van der Waals surface area contributed by atoms with Gasteiger partial charge in [-0.25, -0.2) is 0 Å². The van der Waals surface area contributed by atoms with Crippen LogP contribution in [-0.4, -0.2) is 11.6 Å². The Labute approximate surface area is 84.4 Å². The first-order valence-electron chi connectivity index (χ1n) is 5.34. The summed E-state index contributed by atoms with van der Waals surface area (Å²) in [5.41, 5.74) is 0.784. The molecular weight excluding hydrogens is 176 g/mol. The van der Waals surface area contributed by atoms with E-state index in [4.69, 9.17) is 0 Å². The number of fused-ring (bicyclic) bond motifs is 1. The normalized spacial score (nSPS) is 35.3. The van der Waals surface area contributed by atoms with E-state index in [1.54, 1.807) is 13.8 Å². The van der Waals surface area contributed by atoms with Crippen LogP contribution >= 0.6 is 0 Å². The van der Waals surface area contributed by atoms with Gasteiger partial charge in [-0.2, -0.15) is 0 Å². The minimum absolute atomic E-state index is 0.0830. The maximum Gasteiger partial charge on any atom is 0.156 e. The second-order valence-electron chi connectivity index (χ2n) is 4.53. The van der Waals surface area contributed by atoms with Crippen LogP contribution in [0.3, 0.4) is 0 Å². The number of carbonyl (C=O) groups excluding carboxylic acids is 2. The highest BCUT2D eigenvalue weighted by atomic mass is 16.1. The number of Topliss-reactive ketones (excluding diaryl/α,β-unsaturated/α-hetero) is 2. The predicted octanol–water partition coefficient (Wildman–Crippen LogP) is 2.14. The summed E-state index contributed by atoms with van der Waals surface area (Å²) in [6.07, 6.45) is 5.54. The summed E-state index contributed by atoms with van der Waals surface area (Å²) in [6, 6.07) is 0. The van der Waals surface area contributed by atoms with Crippen LogP contribution in [0.4, 0.5) is 0 Å². The zero-order valence-electron chi connectivity index (χ0n) is 8.75. The van der Waals surface area contributed by atoms with Crippen molar-refractivity contribution in [3.05, 3.63) is 11.6 Å². The van der Waals surface area contributed by atoms with Crippen LogP contribution in [-0.2, 0) is 9.59 Å². The van der Waals surface area contributed by atoms with E-state index in [0.717, 1.165) is 18.4 Å². The predicted molar refractivity (Wildman–Crippen MR) is 53.8 cm³/mol. The van der Waals surface area contributed by atoms with E-state index in [9.17, 15) is 9.59 Å². The summed E-state index contributed by atoms with van der Waals surface area (Å²) in [6.45, 7) is 3.19. The first kappa shape index (κ1) is 9.63. The molecule has 2 aliphatic carbocycles. The minimum atomic E-state index is -0.0833. The summed E-state index contributed by atoms with van der Waals surface area (Å²) in [4.78, 5) is 22.9. The topological polar surface area (TPSA) is 34.1 Å². The molecule has 2 heteroatoms. The second kappa shape index (κ2) is 3.34. The third-order valence-corrected chi connectivity index (χ3v) is 3.63. The van der Waals surface area contributed by atoms with Gasteiger partial charge in [0.25, 0.3) is 0 Å². The number of hydrogen-bond acceptors (Lipinski definition) is 2. The van der Waals surface area contributed by atoms with Crippen molar-refractivity contribution >= 4 is 11.6 Å². The summed E-state index contributed by atoms with van der Waals surface area (Å²) < 4.78 is 0. The number of allylic oxidation sites excluding steroid dienone is 2. The number of rotatable bonds is 2. The Morgan fingerprint density at radius 3 is 2.57 bits per heavy atom. The van der Waals surface area contributed by atoms with E-state index in [1.165, 1.54) is 6.42 Å². The van der Waals surface area contributed by atoms with Crippen molar-refractivity contribution < 1.29 is 9.59 Å². The Morgan fingerprint density at radius 2 is 2.00 bits per heavy atom. The monoisotopic (exact) mass is 192 g/mol. The molecule has 0 spiro atoms. The van der Waals surface area contributed by atoms with Crippen molar-refractivity contribution in [1.82, 2.24) is 0 Å². The first-order valence-corrected chi connectivity index (χ1v) is 5.34. The average molecular weight is 192 g/mol. The van der Waals surface area contributed by atoms with Gasteiger partial charge in [0.2, 0.25) is 0 Å². The molecule has 2 aliphatic rings. The Balaban J connectivity index is 2.31. The highest BCUT2D eigenvalue weighted by Gasteiger charge is 2.43. The fraction of sp³-hybridized carbons (Fsp3) is 0.667. The van der Waals surface area contributed by atoms with Crippen LogP contribution < -0.4 is 0 Å². The zero-order valence-corrected chi connectivity index (χ0v) is 8.75. The van der Waals surface area contributed by atoms with Crippen molar-refractivity contribution in [3.63, 3.8) is 0 Å². The van der Waals surface area contributed by atoms with Crippen LogP contribution in [0.2, 0.25) is 0 Å². The summed E-state index contributed by atoms with van der Waals surface area (Å²) >= 11 is 0. The summed E-state index contributed by atoms with van der Waals surface area (Å²) in [5.74, 6) is 1.11. The molecule has 0 bridgehead atoms. The number of hydrogen-bond donors (Lipinski definition) is 0. The molecule has 2 nitrogen and oxygen atoms in total. The Morgan fingerprint density at radius 1 is 1.29 bits per heavy atom.